The van der Waals surface area contributed by atoms with Crippen LogP contribution in [0.5, 0.6) is 0 Å². The molecule has 3 saturated heterocycles. The van der Waals surface area contributed by atoms with E-state index in [1.165, 1.54) is 34.2 Å². The topological polar surface area (TPSA) is 110 Å². The van der Waals surface area contributed by atoms with E-state index in [4.69, 9.17) is 0 Å². The number of fused-ring (bicyclic) bond motifs is 1. The number of urea groups is 1. The smallest absolute Gasteiger partial charge is 0.338 e. The Hall–Kier alpha value is -4.74. The van der Waals surface area contributed by atoms with Crippen molar-refractivity contribution < 1.29 is 9.59 Å². The van der Waals surface area contributed by atoms with Gasteiger partial charge in [-0.05, 0) is 86.7 Å². The average Bonchev–Trinajstić information content (AvgIpc) is 3.62. The number of piperazine rings is 1. The fraction of sp³-hybridized carbons (Fsp3) is 0.488. The first-order chi connectivity index (χ1) is 26.5. The third-order valence-corrected chi connectivity index (χ3v) is 12.2. The summed E-state index contributed by atoms with van der Waals surface area (Å²) in [6.07, 6.45) is 8.60. The van der Waals surface area contributed by atoms with Crippen molar-refractivity contribution in [2.24, 2.45) is 0 Å². The van der Waals surface area contributed by atoms with Crippen LogP contribution in [-0.2, 0) is 30.6 Å². The second kappa shape index (κ2) is 16.7. The Morgan fingerprint density at radius 1 is 0.722 bits per heavy atom. The van der Waals surface area contributed by atoms with Crippen molar-refractivity contribution >= 4 is 11.9 Å². The second-order valence-electron chi connectivity index (χ2n) is 15.7. The third-order valence-electron chi connectivity index (χ3n) is 12.2. The highest BCUT2D eigenvalue weighted by molar-refractivity contribution is 5.87. The van der Waals surface area contributed by atoms with Crippen molar-refractivity contribution in [3.63, 3.8) is 0 Å². The summed E-state index contributed by atoms with van der Waals surface area (Å²) >= 11 is 0. The number of aromatic amines is 1. The van der Waals surface area contributed by atoms with Gasteiger partial charge in [0.25, 0.3) is 0 Å². The molecular weight excluding hydrogens is 677 g/mol. The highest BCUT2D eigenvalue weighted by Gasteiger charge is 2.34. The van der Waals surface area contributed by atoms with Crippen molar-refractivity contribution in [3.05, 3.63) is 112 Å². The van der Waals surface area contributed by atoms with Crippen LogP contribution in [0.15, 0.2) is 83.7 Å². The van der Waals surface area contributed by atoms with Crippen LogP contribution in [0.4, 0.5) is 4.79 Å². The number of rotatable bonds is 9. The number of piperidine rings is 2. The van der Waals surface area contributed by atoms with Gasteiger partial charge in [0.2, 0.25) is 5.91 Å². The molecule has 8 rings (SSSR count). The summed E-state index contributed by atoms with van der Waals surface area (Å²) in [6.45, 7) is 7.24. The largest absolute Gasteiger partial charge is 0.343 e. The van der Waals surface area contributed by atoms with Crippen LogP contribution in [0.2, 0.25) is 0 Å². The summed E-state index contributed by atoms with van der Waals surface area (Å²) in [5.41, 5.74) is 5.88. The molecule has 1 atom stereocenters. The number of aryl methyl sites for hydroxylation is 2. The van der Waals surface area contributed by atoms with E-state index in [1.54, 1.807) is 4.90 Å². The van der Waals surface area contributed by atoms with Gasteiger partial charge in [0.05, 0.1) is 6.04 Å². The van der Waals surface area contributed by atoms with Crippen molar-refractivity contribution in [2.45, 2.75) is 82.5 Å². The molecule has 54 heavy (non-hydrogen) atoms. The van der Waals surface area contributed by atoms with Crippen molar-refractivity contribution in [3.8, 4) is 11.4 Å². The fourth-order valence-corrected chi connectivity index (χ4v) is 9.03. The summed E-state index contributed by atoms with van der Waals surface area (Å²) in [5, 5.41) is 7.79. The monoisotopic (exact) mass is 730 g/mol. The van der Waals surface area contributed by atoms with Crippen molar-refractivity contribution in [1.29, 1.82) is 0 Å². The standard InChI is InChI=1S/C43H54N8O3/c52-41(49-27-25-48(26-28-49)37-17-21-47(22-18-37)31-32-9-3-1-4-10-32)39(30-33-15-16-34-11-7-8-14-36(34)29-33)44-42(53)50-23-19-38(20-24-50)51-43(54)45-40(46-51)35-12-5-2-6-13-35/h1-6,9-10,12-13,15-16,29,37-39H,7-8,11,14,17-28,30-31H2,(H,44,53)(H,45,46,54)/t39-/m1/s1. The van der Waals surface area contributed by atoms with Crippen LogP contribution in [0.25, 0.3) is 11.4 Å². The first-order valence-corrected chi connectivity index (χ1v) is 20.2. The van der Waals surface area contributed by atoms with Crippen molar-refractivity contribution in [2.75, 3.05) is 52.4 Å². The number of carbonyl (C=O) groups is 2. The number of likely N-dealkylation sites (tertiary alicyclic amines) is 2. The number of hydrogen-bond acceptors (Lipinski definition) is 6. The molecule has 2 N–H and O–H groups in total. The Bertz CT molecular complexity index is 1920. The van der Waals surface area contributed by atoms with E-state index in [9.17, 15) is 14.4 Å². The van der Waals surface area contributed by atoms with Gasteiger partial charge in [-0.1, -0.05) is 78.9 Å². The van der Waals surface area contributed by atoms with Gasteiger partial charge in [-0.2, -0.15) is 0 Å². The van der Waals surface area contributed by atoms with E-state index in [2.05, 4.69) is 73.7 Å². The molecule has 3 amide bonds. The van der Waals surface area contributed by atoms with Crippen LogP contribution in [0.1, 0.15) is 66.8 Å². The molecule has 4 heterocycles. The summed E-state index contributed by atoms with van der Waals surface area (Å²) in [6, 6.07) is 26.6. The summed E-state index contributed by atoms with van der Waals surface area (Å²) in [7, 11) is 0. The molecule has 0 radical (unpaired) electrons. The molecule has 1 aromatic heterocycles. The minimum Gasteiger partial charge on any atom is -0.338 e. The quantitative estimate of drug-likeness (QED) is 0.254. The maximum atomic E-state index is 14.3. The second-order valence-corrected chi connectivity index (χ2v) is 15.7. The van der Waals surface area contributed by atoms with Crippen molar-refractivity contribution in [1.82, 2.24) is 39.7 Å². The summed E-state index contributed by atoms with van der Waals surface area (Å²) < 4.78 is 1.54. The zero-order chi connectivity index (χ0) is 36.9. The van der Waals surface area contributed by atoms with Crippen LogP contribution < -0.4 is 11.0 Å². The van der Waals surface area contributed by atoms with E-state index in [1.807, 2.05) is 35.2 Å². The molecule has 11 heteroatoms. The molecule has 0 spiro atoms. The molecule has 0 bridgehead atoms. The number of hydrogen-bond donors (Lipinski definition) is 2. The SMILES string of the molecule is O=C(N[C@H](Cc1ccc2c(c1)CCCC2)C(=O)N1CCN(C2CCN(Cc3ccccc3)CC2)CC1)N1CCC(n2nc(-c3ccccc3)[nH]c2=O)CC1. The summed E-state index contributed by atoms with van der Waals surface area (Å²) in [4.78, 5) is 52.8. The lowest BCUT2D eigenvalue weighted by Crippen LogP contribution is -2.59. The normalized spacial score (nSPS) is 19.7. The van der Waals surface area contributed by atoms with Gasteiger partial charge in [0.1, 0.15) is 6.04 Å². The van der Waals surface area contributed by atoms with Gasteiger partial charge >= 0.3 is 11.7 Å². The lowest BCUT2D eigenvalue weighted by Gasteiger charge is -2.43. The average molecular weight is 731 g/mol. The maximum absolute atomic E-state index is 14.3. The number of nitrogens with one attached hydrogen (secondary N) is 2. The maximum Gasteiger partial charge on any atom is 0.343 e. The van der Waals surface area contributed by atoms with Gasteiger partial charge in [-0.3, -0.25) is 19.6 Å². The Morgan fingerprint density at radius 3 is 2.11 bits per heavy atom. The molecule has 11 nitrogen and oxygen atoms in total. The van der Waals surface area contributed by atoms with Gasteiger partial charge in [0.15, 0.2) is 5.82 Å². The van der Waals surface area contributed by atoms with E-state index < -0.39 is 6.04 Å². The molecule has 3 aromatic carbocycles. The fourth-order valence-electron chi connectivity index (χ4n) is 9.03. The van der Waals surface area contributed by atoms with Gasteiger partial charge < -0.3 is 15.1 Å². The molecule has 4 aliphatic rings. The van der Waals surface area contributed by atoms with E-state index in [0.717, 1.165) is 69.5 Å². The molecule has 0 saturated carbocycles. The molecule has 0 unspecified atom stereocenters. The van der Waals surface area contributed by atoms with Gasteiger partial charge in [-0.15, -0.1) is 5.10 Å². The molecule has 3 fully saturated rings. The van der Waals surface area contributed by atoms with E-state index in [-0.39, 0.29) is 23.7 Å². The van der Waals surface area contributed by atoms with Gasteiger partial charge in [0, 0.05) is 63.8 Å². The van der Waals surface area contributed by atoms with Crippen LogP contribution >= 0.6 is 0 Å². The first kappa shape index (κ1) is 36.2. The number of nitrogens with zero attached hydrogens (tertiary/aromatic N) is 6. The Labute approximate surface area is 318 Å². The molecule has 3 aliphatic heterocycles. The minimum atomic E-state index is -0.646. The number of amides is 3. The van der Waals surface area contributed by atoms with E-state index in [0.29, 0.717) is 57.3 Å². The molecule has 284 valence electrons. The highest BCUT2D eigenvalue weighted by Crippen LogP contribution is 2.25. The zero-order valence-corrected chi connectivity index (χ0v) is 31.4. The van der Waals surface area contributed by atoms with Crippen LogP contribution in [-0.4, -0.2) is 111 Å². The van der Waals surface area contributed by atoms with Crippen LogP contribution in [0, 0.1) is 0 Å². The van der Waals surface area contributed by atoms with Gasteiger partial charge in [-0.25, -0.2) is 14.3 Å². The lowest BCUT2D eigenvalue weighted by molar-refractivity contribution is -0.135. The predicted molar refractivity (Wildman–Crippen MR) is 210 cm³/mol. The highest BCUT2D eigenvalue weighted by atomic mass is 16.2. The molecule has 1 aliphatic carbocycles. The number of H-pyrrole nitrogens is 1. The van der Waals surface area contributed by atoms with Crippen LogP contribution in [0.3, 0.4) is 0 Å². The lowest BCUT2D eigenvalue weighted by atomic mass is 9.89. The molecule has 4 aromatic rings. The minimum absolute atomic E-state index is 0.00445. The Morgan fingerprint density at radius 2 is 1.39 bits per heavy atom. The Balaban J connectivity index is 0.884. The Kier molecular flexibility index (Phi) is 11.2. The predicted octanol–water partition coefficient (Wildman–Crippen LogP) is 4.88. The molecular formula is C43H54N8O3. The zero-order valence-electron chi connectivity index (χ0n) is 31.4. The third kappa shape index (κ3) is 8.47. The number of carbonyl (C=O) groups excluding carboxylic acids is 2. The summed E-state index contributed by atoms with van der Waals surface area (Å²) in [5.74, 6) is 0.555. The first-order valence-electron chi connectivity index (χ1n) is 20.2. The van der Waals surface area contributed by atoms with E-state index >= 15 is 0 Å². The number of aromatic nitrogens is 3. The number of benzene rings is 3.